The summed E-state index contributed by atoms with van der Waals surface area (Å²) < 4.78 is 2.53. The second kappa shape index (κ2) is 3.51. The van der Waals surface area contributed by atoms with Gasteiger partial charge in [0, 0.05) is 17.0 Å². The van der Waals surface area contributed by atoms with Crippen molar-refractivity contribution in [3.05, 3.63) is 21.8 Å². The molecule has 16 heavy (non-hydrogen) atoms. The molecule has 0 aliphatic carbocycles. The molecule has 0 spiro atoms. The maximum atomic E-state index is 12.2. The highest BCUT2D eigenvalue weighted by atomic mass is 32.2. The molecular formula is C10H10N2OS3. The largest absolute Gasteiger partial charge is 0.285 e. The van der Waals surface area contributed by atoms with Crippen LogP contribution in [0.3, 0.4) is 0 Å². The van der Waals surface area contributed by atoms with Crippen LogP contribution in [-0.4, -0.2) is 20.1 Å². The summed E-state index contributed by atoms with van der Waals surface area (Å²) in [5.74, 6) is 0.744. The molecule has 84 valence electrons. The van der Waals surface area contributed by atoms with Crippen LogP contribution in [-0.2, 0) is 6.54 Å². The summed E-state index contributed by atoms with van der Waals surface area (Å²) >= 11 is 7.46. The van der Waals surface area contributed by atoms with E-state index in [1.165, 1.54) is 11.3 Å². The Morgan fingerprint density at radius 3 is 3.25 bits per heavy atom. The fourth-order valence-electron chi connectivity index (χ4n) is 1.81. The Morgan fingerprint density at radius 2 is 2.50 bits per heavy atom. The molecule has 1 aliphatic heterocycles. The van der Waals surface area contributed by atoms with Crippen molar-refractivity contribution in [2.24, 2.45) is 0 Å². The minimum atomic E-state index is -0.00819. The van der Waals surface area contributed by atoms with Gasteiger partial charge in [-0.15, -0.1) is 11.3 Å². The average Bonchev–Trinajstić information content (AvgIpc) is 2.83. The van der Waals surface area contributed by atoms with Gasteiger partial charge < -0.3 is 0 Å². The number of aromatic nitrogens is 2. The summed E-state index contributed by atoms with van der Waals surface area (Å²) in [6.45, 7) is 2.82. The van der Waals surface area contributed by atoms with Crippen molar-refractivity contribution in [3.8, 4) is 0 Å². The minimum Gasteiger partial charge on any atom is -0.285 e. The van der Waals surface area contributed by atoms with Crippen molar-refractivity contribution in [2.45, 2.75) is 23.4 Å². The maximum absolute atomic E-state index is 12.2. The van der Waals surface area contributed by atoms with Gasteiger partial charge in [0.05, 0.1) is 5.52 Å². The lowest BCUT2D eigenvalue weighted by atomic mass is 10.2. The van der Waals surface area contributed by atoms with Crippen LogP contribution in [0.15, 0.2) is 21.4 Å². The number of fused-ring (bicyclic) bond motifs is 2. The van der Waals surface area contributed by atoms with Crippen molar-refractivity contribution in [1.29, 1.82) is 0 Å². The standard InChI is InChI=1S/C10H10N2OS3/c1-10(5-14)4-12-8(13)7-6(2-3-15-7)11-9(12)16-10/h2-3,14H,4-5H2,1H3. The van der Waals surface area contributed by atoms with Gasteiger partial charge >= 0.3 is 0 Å². The molecule has 3 rings (SSSR count). The third-order valence-electron chi connectivity index (χ3n) is 2.70. The van der Waals surface area contributed by atoms with Crippen LogP contribution in [0.5, 0.6) is 0 Å². The number of thiol groups is 1. The first-order chi connectivity index (χ1) is 7.63. The second-order valence-corrected chi connectivity index (χ2v) is 6.92. The van der Waals surface area contributed by atoms with E-state index in [2.05, 4.69) is 24.5 Å². The predicted octanol–water partition coefficient (Wildman–Crippen LogP) is 2.25. The van der Waals surface area contributed by atoms with Crippen LogP contribution in [0.25, 0.3) is 10.2 Å². The molecule has 1 unspecified atom stereocenters. The Hall–Kier alpha value is -0.460. The number of hydrogen-bond acceptors (Lipinski definition) is 5. The van der Waals surface area contributed by atoms with E-state index in [1.54, 1.807) is 16.3 Å². The Labute approximate surface area is 106 Å². The lowest BCUT2D eigenvalue weighted by molar-refractivity contribution is 0.554. The van der Waals surface area contributed by atoms with Gasteiger partial charge in [-0.25, -0.2) is 4.98 Å². The SMILES string of the molecule is CC1(CS)Cn2c(nc3ccsc3c2=O)S1. The highest BCUT2D eigenvalue weighted by Crippen LogP contribution is 2.40. The van der Waals surface area contributed by atoms with Gasteiger partial charge in [0.25, 0.3) is 5.56 Å². The topological polar surface area (TPSA) is 34.9 Å². The molecule has 0 amide bonds. The van der Waals surface area contributed by atoms with E-state index >= 15 is 0 Å². The van der Waals surface area contributed by atoms with E-state index in [0.717, 1.165) is 21.1 Å². The molecule has 1 atom stereocenters. The predicted molar refractivity (Wildman–Crippen MR) is 72.0 cm³/mol. The van der Waals surface area contributed by atoms with Gasteiger partial charge in [-0.2, -0.15) is 12.6 Å². The van der Waals surface area contributed by atoms with Gasteiger partial charge in [-0.05, 0) is 18.4 Å². The molecule has 0 fully saturated rings. The normalized spacial score (nSPS) is 23.9. The third kappa shape index (κ3) is 1.43. The second-order valence-electron chi connectivity index (χ2n) is 4.13. The summed E-state index contributed by atoms with van der Waals surface area (Å²) in [7, 11) is 0. The zero-order valence-corrected chi connectivity index (χ0v) is 11.2. The summed E-state index contributed by atoms with van der Waals surface area (Å²) in [5.41, 5.74) is 0.908. The van der Waals surface area contributed by atoms with E-state index in [9.17, 15) is 4.79 Å². The first-order valence-corrected chi connectivity index (χ1v) is 7.24. The minimum absolute atomic E-state index is 0.00819. The van der Waals surface area contributed by atoms with Crippen molar-refractivity contribution in [2.75, 3.05) is 5.75 Å². The number of nitrogens with zero attached hydrogens (tertiary/aromatic N) is 2. The Morgan fingerprint density at radius 1 is 1.69 bits per heavy atom. The molecule has 0 aromatic carbocycles. The average molecular weight is 270 g/mol. The molecule has 2 aromatic rings. The van der Waals surface area contributed by atoms with E-state index in [4.69, 9.17) is 0 Å². The number of thioether (sulfide) groups is 1. The summed E-state index contributed by atoms with van der Waals surface area (Å²) in [5, 5.41) is 2.74. The van der Waals surface area contributed by atoms with Gasteiger partial charge in [-0.1, -0.05) is 11.8 Å². The Kier molecular flexibility index (Phi) is 2.35. The van der Waals surface area contributed by atoms with Gasteiger partial charge in [0.2, 0.25) is 0 Å². The lowest BCUT2D eigenvalue weighted by Crippen LogP contribution is -2.28. The molecule has 0 saturated heterocycles. The van der Waals surface area contributed by atoms with E-state index in [0.29, 0.717) is 6.54 Å². The van der Waals surface area contributed by atoms with E-state index < -0.39 is 0 Å². The fraction of sp³-hybridized carbons (Fsp3) is 0.400. The van der Waals surface area contributed by atoms with Crippen LogP contribution in [0.2, 0.25) is 0 Å². The summed E-state index contributed by atoms with van der Waals surface area (Å²) in [6, 6.07) is 1.90. The van der Waals surface area contributed by atoms with E-state index in [1.807, 2.05) is 11.4 Å². The van der Waals surface area contributed by atoms with Crippen LogP contribution in [0.1, 0.15) is 6.92 Å². The summed E-state index contributed by atoms with van der Waals surface area (Å²) in [4.78, 5) is 16.7. The lowest BCUT2D eigenvalue weighted by Gasteiger charge is -2.17. The number of thiophene rings is 1. The first kappa shape index (κ1) is 10.7. The highest BCUT2D eigenvalue weighted by Gasteiger charge is 2.35. The molecule has 2 aromatic heterocycles. The molecule has 0 radical (unpaired) electrons. The number of rotatable bonds is 1. The third-order valence-corrected chi connectivity index (χ3v) is 5.76. The van der Waals surface area contributed by atoms with E-state index in [-0.39, 0.29) is 10.3 Å². The smallest absolute Gasteiger partial charge is 0.272 e. The molecule has 0 bridgehead atoms. The van der Waals surface area contributed by atoms with Crippen molar-refractivity contribution >= 4 is 45.9 Å². The Balaban J connectivity index is 2.26. The van der Waals surface area contributed by atoms with Gasteiger partial charge in [-0.3, -0.25) is 9.36 Å². The molecule has 1 aliphatic rings. The van der Waals surface area contributed by atoms with Crippen molar-refractivity contribution in [3.63, 3.8) is 0 Å². The molecule has 6 heteroatoms. The van der Waals surface area contributed by atoms with Crippen LogP contribution in [0.4, 0.5) is 0 Å². The maximum Gasteiger partial charge on any atom is 0.272 e. The van der Waals surface area contributed by atoms with Crippen LogP contribution < -0.4 is 5.56 Å². The monoisotopic (exact) mass is 270 g/mol. The first-order valence-electron chi connectivity index (χ1n) is 4.91. The summed E-state index contributed by atoms with van der Waals surface area (Å²) in [6.07, 6.45) is 0. The number of hydrogen-bond donors (Lipinski definition) is 1. The molecule has 0 saturated carbocycles. The fourth-order valence-corrected chi connectivity index (χ4v) is 3.98. The molecular weight excluding hydrogens is 260 g/mol. The van der Waals surface area contributed by atoms with Gasteiger partial charge in [0.1, 0.15) is 4.70 Å². The molecule has 3 nitrogen and oxygen atoms in total. The highest BCUT2D eigenvalue weighted by molar-refractivity contribution is 8.01. The van der Waals surface area contributed by atoms with Crippen molar-refractivity contribution in [1.82, 2.24) is 9.55 Å². The quantitative estimate of drug-likeness (QED) is 0.637. The molecule has 0 N–H and O–H groups in total. The zero-order valence-electron chi connectivity index (χ0n) is 8.64. The zero-order chi connectivity index (χ0) is 11.3. The van der Waals surface area contributed by atoms with Crippen LogP contribution >= 0.6 is 35.7 Å². The van der Waals surface area contributed by atoms with Crippen molar-refractivity contribution < 1.29 is 0 Å². The van der Waals surface area contributed by atoms with Crippen LogP contribution in [0, 0.1) is 0 Å². The Bertz CT molecular complexity index is 618. The molecule has 3 heterocycles. The van der Waals surface area contributed by atoms with Gasteiger partial charge in [0.15, 0.2) is 5.16 Å².